The molecule has 4 rings (SSSR count). The van der Waals surface area contributed by atoms with E-state index in [1.165, 1.54) is 28.6 Å². The molecule has 3 aliphatic rings. The van der Waals surface area contributed by atoms with Crippen molar-refractivity contribution >= 4 is 0 Å². The van der Waals surface area contributed by atoms with Crippen LogP contribution in [-0.2, 0) is 15.9 Å². The van der Waals surface area contributed by atoms with E-state index in [0.29, 0.717) is 17.8 Å². The zero-order valence-corrected chi connectivity index (χ0v) is 22.8. The quantitative estimate of drug-likeness (QED) is 0.292. The molecule has 40 heavy (non-hydrogen) atoms. The van der Waals surface area contributed by atoms with Crippen molar-refractivity contribution in [2.75, 3.05) is 33.4 Å². The molecule has 5 unspecified atom stereocenters. The Labute approximate surface area is 228 Å². The first-order valence-electron chi connectivity index (χ1n) is 13.7. The molecular weight excluding hydrogens is 553 g/mol. The first kappa shape index (κ1) is 31.4. The van der Waals surface area contributed by atoms with Gasteiger partial charge in [-0.15, -0.1) is 0 Å². The van der Waals surface area contributed by atoms with Gasteiger partial charge in [0.05, 0.1) is 19.3 Å². The summed E-state index contributed by atoms with van der Waals surface area (Å²) in [6.07, 6.45) is -14.1. The highest BCUT2D eigenvalue weighted by atomic mass is 19.4. The van der Waals surface area contributed by atoms with Gasteiger partial charge in [0.25, 0.3) is 0 Å². The minimum Gasteiger partial charge on any atom is -0.376 e. The summed E-state index contributed by atoms with van der Waals surface area (Å²) in [6.45, 7) is 2.65. The SMILES string of the molecule is Cc1ccc2c(c1)CCC1C2CCC2(C)C(OCCN(C)CCOC(C(F)(F)F)(C(F)(F)F)C(F)(F)F)CCC12. The summed E-state index contributed by atoms with van der Waals surface area (Å²) in [4.78, 5) is 1.31. The lowest BCUT2D eigenvalue weighted by molar-refractivity contribution is -0.457. The van der Waals surface area contributed by atoms with Crippen LogP contribution in [0.5, 0.6) is 0 Å². The average Bonchev–Trinajstić information content (AvgIpc) is 3.15. The third-order valence-electron chi connectivity index (χ3n) is 9.58. The summed E-state index contributed by atoms with van der Waals surface area (Å²) in [5.41, 5.74) is -2.10. The number of rotatable bonds is 8. The zero-order valence-electron chi connectivity index (χ0n) is 22.8. The van der Waals surface area contributed by atoms with Crippen molar-refractivity contribution in [2.45, 2.75) is 88.5 Å². The third kappa shape index (κ3) is 5.48. The second kappa shape index (κ2) is 10.9. The largest absolute Gasteiger partial charge is 0.435 e. The molecule has 228 valence electrons. The number of ether oxygens (including phenoxy) is 2. The molecule has 0 aromatic heterocycles. The maximum absolute atomic E-state index is 13.0. The molecule has 1 aromatic rings. The van der Waals surface area contributed by atoms with Crippen LogP contribution in [0.15, 0.2) is 18.2 Å². The van der Waals surface area contributed by atoms with Gasteiger partial charge in [-0.3, -0.25) is 0 Å². The van der Waals surface area contributed by atoms with Crippen molar-refractivity contribution < 1.29 is 49.0 Å². The van der Waals surface area contributed by atoms with Crippen molar-refractivity contribution in [3.8, 4) is 0 Å². The van der Waals surface area contributed by atoms with Crippen molar-refractivity contribution in [2.24, 2.45) is 17.3 Å². The fraction of sp³-hybridized carbons (Fsp3) is 0.786. The van der Waals surface area contributed by atoms with Crippen LogP contribution in [-0.4, -0.2) is 68.5 Å². The normalized spacial score (nSPS) is 29.3. The number of nitrogens with zero attached hydrogens (tertiary/aromatic N) is 1. The standard InChI is InChI=1S/C28H36F9NO2/c1-17-4-6-19-18(16-17)5-7-21-20(19)10-11-24(2)22(21)8-9-23(24)39-14-12-38(3)13-15-40-25(26(29,30)31,27(32,33)34)28(35,36)37/h4,6,16,20-23H,5,7-15H2,1-3H3. The highest BCUT2D eigenvalue weighted by molar-refractivity contribution is 5.37. The molecule has 2 fully saturated rings. The minimum atomic E-state index is -6.72. The Bertz CT molecular complexity index is 1000. The summed E-state index contributed by atoms with van der Waals surface area (Å²) in [6, 6.07) is 6.73. The minimum absolute atomic E-state index is 0.0310. The maximum Gasteiger partial charge on any atom is 0.435 e. The van der Waals surface area contributed by atoms with Crippen LogP contribution in [0.4, 0.5) is 39.5 Å². The fourth-order valence-corrected chi connectivity index (χ4v) is 7.48. The topological polar surface area (TPSA) is 21.7 Å². The summed E-state index contributed by atoms with van der Waals surface area (Å²) in [7, 11) is 1.38. The van der Waals surface area contributed by atoms with E-state index in [4.69, 9.17) is 4.74 Å². The first-order chi connectivity index (χ1) is 18.4. The van der Waals surface area contributed by atoms with Gasteiger partial charge in [0.1, 0.15) is 0 Å². The van der Waals surface area contributed by atoms with E-state index in [0.717, 1.165) is 38.5 Å². The Kier molecular flexibility index (Phi) is 8.60. The van der Waals surface area contributed by atoms with Crippen molar-refractivity contribution in [1.82, 2.24) is 4.90 Å². The molecule has 2 saturated carbocycles. The van der Waals surface area contributed by atoms with Crippen molar-refractivity contribution in [1.29, 1.82) is 0 Å². The first-order valence-corrected chi connectivity index (χ1v) is 13.7. The predicted octanol–water partition coefficient (Wildman–Crippen LogP) is 7.61. The number of hydrogen-bond acceptors (Lipinski definition) is 3. The van der Waals surface area contributed by atoms with Gasteiger partial charge in [-0.05, 0) is 86.8 Å². The Balaban J connectivity index is 1.30. The fourth-order valence-electron chi connectivity index (χ4n) is 7.48. The number of aryl methyl sites for hydroxylation is 2. The maximum atomic E-state index is 13.0. The molecule has 5 atom stereocenters. The Morgan fingerprint density at radius 1 is 0.875 bits per heavy atom. The van der Waals surface area contributed by atoms with E-state index >= 15 is 0 Å². The van der Waals surface area contributed by atoms with Crippen LogP contribution in [0.1, 0.15) is 61.6 Å². The van der Waals surface area contributed by atoms with E-state index in [2.05, 4.69) is 36.8 Å². The van der Waals surface area contributed by atoms with Crippen LogP contribution in [0, 0.1) is 24.2 Å². The second-order valence-corrected chi connectivity index (χ2v) is 11.9. The number of benzene rings is 1. The van der Waals surface area contributed by atoms with E-state index in [-0.39, 0.29) is 24.7 Å². The number of hydrogen-bond donors (Lipinski definition) is 0. The molecular formula is C28H36F9NO2. The third-order valence-corrected chi connectivity index (χ3v) is 9.58. The Hall–Kier alpha value is -1.53. The molecule has 0 spiro atoms. The second-order valence-electron chi connectivity index (χ2n) is 11.9. The molecule has 1 aromatic carbocycles. The lowest BCUT2D eigenvalue weighted by Crippen LogP contribution is -2.68. The highest BCUT2D eigenvalue weighted by Gasteiger charge is 2.85. The van der Waals surface area contributed by atoms with Crippen LogP contribution >= 0.6 is 0 Å². The number of alkyl halides is 9. The van der Waals surface area contributed by atoms with Crippen LogP contribution < -0.4 is 0 Å². The van der Waals surface area contributed by atoms with Gasteiger partial charge < -0.3 is 14.4 Å². The summed E-state index contributed by atoms with van der Waals surface area (Å²) >= 11 is 0. The molecule has 0 N–H and O–H groups in total. The molecule has 12 heteroatoms. The Morgan fingerprint density at radius 2 is 1.50 bits per heavy atom. The monoisotopic (exact) mass is 589 g/mol. The lowest BCUT2D eigenvalue weighted by atomic mass is 9.55. The molecule has 0 bridgehead atoms. The van der Waals surface area contributed by atoms with Crippen molar-refractivity contribution in [3.05, 3.63) is 34.9 Å². The van der Waals surface area contributed by atoms with Crippen LogP contribution in [0.25, 0.3) is 0 Å². The van der Waals surface area contributed by atoms with Gasteiger partial charge in [-0.25, -0.2) is 0 Å². The summed E-state index contributed by atoms with van der Waals surface area (Å²) in [5, 5.41) is 0. The van der Waals surface area contributed by atoms with E-state index in [1.807, 2.05) is 0 Å². The van der Waals surface area contributed by atoms with Gasteiger partial charge in [-0.2, -0.15) is 39.5 Å². The van der Waals surface area contributed by atoms with Crippen LogP contribution in [0.3, 0.4) is 0 Å². The van der Waals surface area contributed by atoms with Crippen molar-refractivity contribution in [3.63, 3.8) is 0 Å². The molecule has 3 nitrogen and oxygen atoms in total. The van der Waals surface area contributed by atoms with Crippen LogP contribution in [0.2, 0.25) is 0 Å². The van der Waals surface area contributed by atoms with E-state index < -0.39 is 37.3 Å². The number of likely N-dealkylation sites (N-methyl/N-ethyl adjacent to an activating group) is 1. The number of fused-ring (bicyclic) bond motifs is 5. The molecule has 0 amide bonds. The van der Waals surface area contributed by atoms with Gasteiger partial charge >= 0.3 is 24.1 Å². The van der Waals surface area contributed by atoms with Gasteiger partial charge in [0, 0.05) is 13.1 Å². The predicted molar refractivity (Wildman–Crippen MR) is 130 cm³/mol. The highest BCUT2D eigenvalue weighted by Crippen LogP contribution is 2.61. The van der Waals surface area contributed by atoms with E-state index in [1.54, 1.807) is 0 Å². The molecule has 0 aliphatic heterocycles. The summed E-state index contributed by atoms with van der Waals surface area (Å²) < 4.78 is 127. The molecule has 0 radical (unpaired) electrons. The lowest BCUT2D eigenvalue weighted by Gasteiger charge is -2.50. The molecule has 0 saturated heterocycles. The molecule has 0 heterocycles. The van der Waals surface area contributed by atoms with Gasteiger partial charge in [-0.1, -0.05) is 30.7 Å². The van der Waals surface area contributed by atoms with E-state index in [9.17, 15) is 39.5 Å². The smallest absolute Gasteiger partial charge is 0.376 e. The molecule has 3 aliphatic carbocycles. The Morgan fingerprint density at radius 3 is 2.12 bits per heavy atom. The average molecular weight is 590 g/mol. The van der Waals surface area contributed by atoms with Gasteiger partial charge in [0.15, 0.2) is 0 Å². The zero-order chi connectivity index (χ0) is 29.7. The van der Waals surface area contributed by atoms with Gasteiger partial charge in [0.2, 0.25) is 0 Å². The summed E-state index contributed by atoms with van der Waals surface area (Å²) in [5.74, 6) is 1.60. The number of halogens is 9.